The first-order valence-electron chi connectivity index (χ1n) is 8.09. The van der Waals surface area contributed by atoms with Crippen molar-refractivity contribution in [3.63, 3.8) is 0 Å². The fourth-order valence-electron chi connectivity index (χ4n) is 2.85. The van der Waals surface area contributed by atoms with Crippen LogP contribution < -0.4 is 10.6 Å². The zero-order valence-corrected chi connectivity index (χ0v) is 14.0. The highest BCUT2D eigenvalue weighted by molar-refractivity contribution is 5.94. The van der Waals surface area contributed by atoms with Crippen LogP contribution in [0.2, 0.25) is 0 Å². The quantitative estimate of drug-likeness (QED) is 0.786. The van der Waals surface area contributed by atoms with Gasteiger partial charge < -0.3 is 15.7 Å². The third-order valence-electron chi connectivity index (χ3n) is 4.19. The summed E-state index contributed by atoms with van der Waals surface area (Å²) in [7, 11) is 0. The van der Waals surface area contributed by atoms with Gasteiger partial charge in [-0.3, -0.25) is 4.79 Å². The molecule has 1 aromatic heterocycles. The Labute approximate surface area is 141 Å². The fraction of sp³-hybridized carbons (Fsp3) is 0.389. The summed E-state index contributed by atoms with van der Waals surface area (Å²) < 4.78 is 0. The number of amides is 1. The van der Waals surface area contributed by atoms with Crippen LogP contribution in [0, 0.1) is 13.8 Å². The number of hydrogen-bond acceptors (Lipinski definition) is 5. The molecule has 1 saturated heterocycles. The van der Waals surface area contributed by atoms with Gasteiger partial charge in [0.1, 0.15) is 0 Å². The van der Waals surface area contributed by atoms with Crippen LogP contribution >= 0.6 is 0 Å². The molecule has 1 amide bonds. The summed E-state index contributed by atoms with van der Waals surface area (Å²) in [6.45, 7) is 5.40. The first-order valence-corrected chi connectivity index (χ1v) is 8.09. The zero-order valence-electron chi connectivity index (χ0n) is 14.0. The molecule has 1 atom stereocenters. The lowest BCUT2D eigenvalue weighted by molar-refractivity contribution is 0.0562. The van der Waals surface area contributed by atoms with Crippen molar-refractivity contribution in [3.05, 3.63) is 47.3 Å². The van der Waals surface area contributed by atoms with E-state index < -0.39 is 5.60 Å². The Kier molecular flexibility index (Phi) is 4.59. The zero-order chi connectivity index (χ0) is 17.2. The van der Waals surface area contributed by atoms with E-state index in [1.807, 2.05) is 32.0 Å². The molecule has 6 nitrogen and oxygen atoms in total. The maximum Gasteiger partial charge on any atom is 0.251 e. The van der Waals surface area contributed by atoms with Gasteiger partial charge in [0.25, 0.3) is 5.91 Å². The number of aryl methyl sites for hydroxylation is 2. The summed E-state index contributed by atoms with van der Waals surface area (Å²) in [5.74, 6) is 0.467. The maximum atomic E-state index is 12.2. The summed E-state index contributed by atoms with van der Waals surface area (Å²) in [4.78, 5) is 21.1. The van der Waals surface area contributed by atoms with Crippen LogP contribution in [0.5, 0.6) is 0 Å². The Balaban J connectivity index is 1.68. The lowest BCUT2D eigenvalue weighted by Gasteiger charge is -2.21. The van der Waals surface area contributed by atoms with Crippen LogP contribution in [0.3, 0.4) is 0 Å². The molecule has 2 aromatic rings. The highest BCUT2D eigenvalue weighted by Gasteiger charge is 2.31. The van der Waals surface area contributed by atoms with Gasteiger partial charge >= 0.3 is 0 Å². The molecule has 126 valence electrons. The van der Waals surface area contributed by atoms with E-state index in [9.17, 15) is 9.90 Å². The first-order chi connectivity index (χ1) is 11.5. The normalized spacial score (nSPS) is 20.1. The van der Waals surface area contributed by atoms with Crippen molar-refractivity contribution in [1.82, 2.24) is 20.6 Å². The molecular weight excluding hydrogens is 304 g/mol. The average molecular weight is 326 g/mol. The minimum Gasteiger partial charge on any atom is -0.387 e. The van der Waals surface area contributed by atoms with Crippen molar-refractivity contribution in [3.8, 4) is 11.4 Å². The Bertz CT molecular complexity index is 717. The van der Waals surface area contributed by atoms with E-state index in [1.165, 1.54) is 0 Å². The van der Waals surface area contributed by atoms with E-state index in [0.29, 0.717) is 24.4 Å². The largest absolute Gasteiger partial charge is 0.387 e. The number of rotatable bonds is 4. The molecule has 0 radical (unpaired) electrons. The average Bonchev–Trinajstić information content (AvgIpc) is 2.99. The van der Waals surface area contributed by atoms with Gasteiger partial charge in [-0.25, -0.2) is 9.97 Å². The van der Waals surface area contributed by atoms with Crippen LogP contribution in [-0.2, 0) is 0 Å². The Morgan fingerprint density at radius 3 is 2.50 bits per heavy atom. The molecule has 1 fully saturated rings. The topological polar surface area (TPSA) is 87.1 Å². The lowest BCUT2D eigenvalue weighted by atomic mass is 10.0. The summed E-state index contributed by atoms with van der Waals surface area (Å²) >= 11 is 0. The van der Waals surface area contributed by atoms with Crippen LogP contribution in [0.25, 0.3) is 11.4 Å². The van der Waals surface area contributed by atoms with Gasteiger partial charge in [0.05, 0.1) is 5.60 Å². The van der Waals surface area contributed by atoms with Gasteiger partial charge in [-0.1, -0.05) is 12.1 Å². The monoisotopic (exact) mass is 326 g/mol. The molecule has 3 rings (SSSR count). The summed E-state index contributed by atoms with van der Waals surface area (Å²) in [6, 6.07) is 9.11. The predicted octanol–water partition coefficient (Wildman–Crippen LogP) is 1.21. The highest BCUT2D eigenvalue weighted by Crippen LogP contribution is 2.17. The summed E-state index contributed by atoms with van der Waals surface area (Å²) in [5.41, 5.74) is 2.41. The first kappa shape index (κ1) is 16.5. The molecule has 1 aromatic carbocycles. The fourth-order valence-corrected chi connectivity index (χ4v) is 2.85. The Morgan fingerprint density at radius 1 is 1.25 bits per heavy atom. The molecule has 24 heavy (non-hydrogen) atoms. The van der Waals surface area contributed by atoms with Gasteiger partial charge in [-0.2, -0.15) is 0 Å². The molecule has 1 aliphatic heterocycles. The number of hydrogen-bond donors (Lipinski definition) is 3. The van der Waals surface area contributed by atoms with Crippen LogP contribution in [0.15, 0.2) is 30.3 Å². The number of aromatic nitrogens is 2. The van der Waals surface area contributed by atoms with E-state index in [-0.39, 0.29) is 12.5 Å². The van der Waals surface area contributed by atoms with E-state index in [4.69, 9.17) is 0 Å². The van der Waals surface area contributed by atoms with E-state index in [2.05, 4.69) is 20.6 Å². The van der Waals surface area contributed by atoms with Crippen LogP contribution in [0.4, 0.5) is 0 Å². The predicted molar refractivity (Wildman–Crippen MR) is 91.7 cm³/mol. The van der Waals surface area contributed by atoms with Crippen molar-refractivity contribution in [2.75, 3.05) is 19.6 Å². The second-order valence-electron chi connectivity index (χ2n) is 6.39. The molecule has 3 N–H and O–H groups in total. The summed E-state index contributed by atoms with van der Waals surface area (Å²) in [6.07, 6.45) is 0.649. The molecule has 1 aliphatic rings. The van der Waals surface area contributed by atoms with Crippen LogP contribution in [0.1, 0.15) is 28.2 Å². The van der Waals surface area contributed by atoms with Crippen molar-refractivity contribution in [1.29, 1.82) is 0 Å². The highest BCUT2D eigenvalue weighted by atomic mass is 16.3. The Morgan fingerprint density at radius 2 is 1.92 bits per heavy atom. The number of carbonyl (C=O) groups is 1. The smallest absolute Gasteiger partial charge is 0.251 e. The number of aliphatic hydroxyl groups is 1. The van der Waals surface area contributed by atoms with Gasteiger partial charge in [0.2, 0.25) is 0 Å². The molecule has 0 saturated carbocycles. The van der Waals surface area contributed by atoms with E-state index in [0.717, 1.165) is 23.5 Å². The van der Waals surface area contributed by atoms with Crippen molar-refractivity contribution >= 4 is 5.91 Å². The number of carbonyl (C=O) groups excluding carboxylic acids is 1. The standard InChI is InChI=1S/C18H22N4O2/c1-12-9-13(2)22-16(21-12)14-3-5-15(6-4-14)17(23)20-11-18(24)7-8-19-10-18/h3-6,9,19,24H,7-8,10-11H2,1-2H3,(H,20,23)/t18-/m1/s1. The number of nitrogens with one attached hydrogen (secondary N) is 2. The van der Waals surface area contributed by atoms with Gasteiger partial charge in [-0.05, 0) is 45.0 Å². The molecule has 0 bridgehead atoms. The lowest BCUT2D eigenvalue weighted by Crippen LogP contribution is -2.44. The van der Waals surface area contributed by atoms with Gasteiger partial charge in [-0.15, -0.1) is 0 Å². The van der Waals surface area contributed by atoms with Gasteiger partial charge in [0.15, 0.2) is 5.82 Å². The van der Waals surface area contributed by atoms with Crippen molar-refractivity contribution < 1.29 is 9.90 Å². The number of β-amino-alcohol motifs (C(OH)–C–C–N with tert-alkyl or cyclic N) is 1. The van der Waals surface area contributed by atoms with Crippen LogP contribution in [-0.4, -0.2) is 46.2 Å². The number of nitrogens with zero attached hydrogens (tertiary/aromatic N) is 2. The molecule has 0 unspecified atom stereocenters. The SMILES string of the molecule is Cc1cc(C)nc(-c2ccc(C(=O)NC[C@@]3(O)CCNC3)cc2)n1. The minimum absolute atomic E-state index is 0.191. The minimum atomic E-state index is -0.845. The third kappa shape index (κ3) is 3.77. The van der Waals surface area contributed by atoms with Gasteiger partial charge in [0, 0.05) is 35.6 Å². The Hall–Kier alpha value is -2.31. The summed E-state index contributed by atoms with van der Waals surface area (Å²) in [5, 5.41) is 16.1. The van der Waals surface area contributed by atoms with E-state index in [1.54, 1.807) is 12.1 Å². The van der Waals surface area contributed by atoms with Crippen molar-refractivity contribution in [2.24, 2.45) is 0 Å². The van der Waals surface area contributed by atoms with Crippen molar-refractivity contribution in [2.45, 2.75) is 25.9 Å². The molecular formula is C18H22N4O2. The maximum absolute atomic E-state index is 12.2. The molecule has 0 spiro atoms. The second kappa shape index (κ2) is 6.67. The molecule has 6 heteroatoms. The molecule has 2 heterocycles. The molecule has 0 aliphatic carbocycles. The van der Waals surface area contributed by atoms with E-state index >= 15 is 0 Å². The third-order valence-corrected chi connectivity index (χ3v) is 4.19. The second-order valence-corrected chi connectivity index (χ2v) is 6.39. The number of benzene rings is 1.